The van der Waals surface area contributed by atoms with Crippen LogP contribution in [0.3, 0.4) is 0 Å². The molecule has 0 bridgehead atoms. The highest BCUT2D eigenvalue weighted by Gasteiger charge is 2.41. The number of ketones is 1. The first-order valence-electron chi connectivity index (χ1n) is 13.3. The fourth-order valence-corrected chi connectivity index (χ4v) is 4.76. The van der Waals surface area contributed by atoms with Crippen LogP contribution in [-0.4, -0.2) is 29.4 Å². The van der Waals surface area contributed by atoms with Crippen molar-refractivity contribution in [2.45, 2.75) is 58.3 Å². The van der Waals surface area contributed by atoms with E-state index in [9.17, 15) is 14.7 Å². The number of nitrogens with one attached hydrogen (secondary N) is 2. The summed E-state index contributed by atoms with van der Waals surface area (Å²) in [6.45, 7) is 10.1. The van der Waals surface area contributed by atoms with E-state index >= 15 is 0 Å². The maximum atomic E-state index is 13.2. The molecule has 0 radical (unpaired) electrons. The molecule has 3 rings (SSSR count). The van der Waals surface area contributed by atoms with Crippen molar-refractivity contribution in [1.29, 1.82) is 0 Å². The van der Waals surface area contributed by atoms with Crippen molar-refractivity contribution >= 4 is 29.0 Å². The van der Waals surface area contributed by atoms with Gasteiger partial charge in [0.1, 0.15) is 0 Å². The van der Waals surface area contributed by atoms with Crippen molar-refractivity contribution in [3.8, 4) is 0 Å². The van der Waals surface area contributed by atoms with Gasteiger partial charge in [0.25, 0.3) is 0 Å². The maximum absolute atomic E-state index is 13.2. The summed E-state index contributed by atoms with van der Waals surface area (Å²) in [5, 5.41) is 16.3. The second-order valence-electron chi connectivity index (χ2n) is 9.82. The number of allylic oxidation sites excluding steroid dienone is 8. The number of hydrogen-bond donors (Lipinski definition) is 3. The molecule has 200 valence electrons. The summed E-state index contributed by atoms with van der Waals surface area (Å²) < 4.78 is 0. The average molecular weight is 514 g/mol. The summed E-state index contributed by atoms with van der Waals surface area (Å²) in [7, 11) is 0. The molecule has 2 aliphatic carbocycles. The zero-order valence-corrected chi connectivity index (χ0v) is 22.3. The van der Waals surface area contributed by atoms with E-state index in [-0.39, 0.29) is 12.2 Å². The highest BCUT2D eigenvalue weighted by molar-refractivity contribution is 5.99. The zero-order valence-electron chi connectivity index (χ0n) is 22.3. The van der Waals surface area contributed by atoms with Crippen LogP contribution in [0.5, 0.6) is 0 Å². The monoisotopic (exact) mass is 513 g/mol. The minimum Gasteiger partial charge on any atom is -0.481 e. The predicted octanol–water partition coefficient (Wildman–Crippen LogP) is 6.97. The number of aliphatic carboxylic acids is 1. The van der Waals surface area contributed by atoms with Gasteiger partial charge in [-0.1, -0.05) is 81.0 Å². The standard InChI is InChI=1S/C32H39N3O3/c1-4-6-22-33-31(34-24(3)5-2)35-28-18-16-26(17-19-28)25-12-8-9-13-27(15-14-25)29(36)23-32(30(37)38)20-10-7-11-21-32/h4-6,8-9,14-19H,2-3,7,10-13,20-23H2,1H3,(H,37,38)(H2,33,34,35)/b6-4-,9-8?,25-14+,27-15+. The van der Waals surface area contributed by atoms with Crippen molar-refractivity contribution in [2.75, 3.05) is 11.9 Å². The third-order valence-electron chi connectivity index (χ3n) is 7.08. The van der Waals surface area contributed by atoms with E-state index in [1.54, 1.807) is 6.08 Å². The van der Waals surface area contributed by atoms with E-state index in [1.807, 2.05) is 61.6 Å². The van der Waals surface area contributed by atoms with Crippen LogP contribution in [0.15, 0.2) is 96.2 Å². The smallest absolute Gasteiger partial charge is 0.310 e. The van der Waals surface area contributed by atoms with Crippen LogP contribution in [0.2, 0.25) is 0 Å². The second-order valence-corrected chi connectivity index (χ2v) is 9.82. The highest BCUT2D eigenvalue weighted by atomic mass is 16.4. The molecular weight excluding hydrogens is 474 g/mol. The Hall–Kier alpha value is -3.93. The largest absolute Gasteiger partial charge is 0.481 e. The van der Waals surface area contributed by atoms with Gasteiger partial charge in [-0.15, -0.1) is 0 Å². The Balaban J connectivity index is 1.75. The number of carboxylic acids is 1. The summed E-state index contributed by atoms with van der Waals surface area (Å²) in [4.78, 5) is 29.8. The molecule has 0 amide bonds. The summed E-state index contributed by atoms with van der Waals surface area (Å²) in [5.74, 6) is -0.317. The second kappa shape index (κ2) is 14.1. The van der Waals surface area contributed by atoms with E-state index in [1.165, 1.54) is 0 Å². The minimum atomic E-state index is -0.917. The molecule has 38 heavy (non-hydrogen) atoms. The van der Waals surface area contributed by atoms with Crippen molar-refractivity contribution in [1.82, 2.24) is 5.32 Å². The van der Waals surface area contributed by atoms with E-state index in [4.69, 9.17) is 0 Å². The van der Waals surface area contributed by atoms with Crippen molar-refractivity contribution in [3.05, 3.63) is 96.8 Å². The number of anilines is 1. The SMILES string of the molecule is C=CC(=C)NC(=NC/C=C\C)Nc1ccc(/C2=C/C=C(/C(=O)CC3(C(=O)O)CCCCC3)CC=CC2)cc1. The Morgan fingerprint density at radius 1 is 1.08 bits per heavy atom. The van der Waals surface area contributed by atoms with Crippen LogP contribution < -0.4 is 10.6 Å². The molecule has 2 aliphatic rings. The average Bonchev–Trinajstić information content (AvgIpc) is 2.89. The molecule has 6 nitrogen and oxygen atoms in total. The van der Waals surface area contributed by atoms with Crippen LogP contribution in [0, 0.1) is 5.41 Å². The maximum Gasteiger partial charge on any atom is 0.310 e. The Morgan fingerprint density at radius 2 is 1.79 bits per heavy atom. The Kier molecular flexibility index (Phi) is 10.6. The number of nitrogens with zero attached hydrogens (tertiary/aromatic N) is 1. The van der Waals surface area contributed by atoms with Crippen LogP contribution in [-0.2, 0) is 9.59 Å². The molecule has 0 spiro atoms. The van der Waals surface area contributed by atoms with Gasteiger partial charge in [-0.05, 0) is 67.5 Å². The molecule has 0 unspecified atom stereocenters. The quantitative estimate of drug-likeness (QED) is 0.136. The van der Waals surface area contributed by atoms with Crippen LogP contribution in [0.1, 0.15) is 63.9 Å². The van der Waals surface area contributed by atoms with E-state index in [2.05, 4.69) is 34.9 Å². The molecule has 1 saturated carbocycles. The van der Waals surface area contributed by atoms with Crippen molar-refractivity contribution in [2.24, 2.45) is 10.4 Å². The topological polar surface area (TPSA) is 90.8 Å². The lowest BCUT2D eigenvalue weighted by molar-refractivity contribution is -0.153. The highest BCUT2D eigenvalue weighted by Crippen LogP contribution is 2.40. The molecule has 0 aromatic heterocycles. The molecule has 1 aromatic rings. The molecule has 0 aliphatic heterocycles. The zero-order chi connectivity index (χ0) is 27.4. The molecule has 0 heterocycles. The van der Waals surface area contributed by atoms with Crippen LogP contribution in [0.4, 0.5) is 5.69 Å². The molecule has 0 atom stereocenters. The van der Waals surface area contributed by atoms with Gasteiger partial charge in [0.2, 0.25) is 5.96 Å². The fourth-order valence-electron chi connectivity index (χ4n) is 4.76. The third kappa shape index (κ3) is 8.04. The number of hydrogen-bond acceptors (Lipinski definition) is 3. The number of Topliss-reactive ketones (excluding diaryl/α,β-unsaturated/α-hetero) is 1. The molecule has 0 saturated heterocycles. The summed E-state index contributed by atoms with van der Waals surface area (Å²) in [6, 6.07) is 8.04. The number of benzene rings is 1. The van der Waals surface area contributed by atoms with Gasteiger partial charge >= 0.3 is 5.97 Å². The number of carbonyl (C=O) groups excluding carboxylic acids is 1. The molecule has 6 heteroatoms. The number of guanidine groups is 1. The molecular formula is C32H39N3O3. The van der Waals surface area contributed by atoms with Gasteiger partial charge in [0, 0.05) is 17.8 Å². The lowest BCUT2D eigenvalue weighted by Crippen LogP contribution is -2.36. The Morgan fingerprint density at radius 3 is 2.45 bits per heavy atom. The third-order valence-corrected chi connectivity index (χ3v) is 7.08. The first-order valence-corrected chi connectivity index (χ1v) is 13.3. The first kappa shape index (κ1) is 28.6. The number of rotatable bonds is 10. The Labute approximate surface area is 226 Å². The lowest BCUT2D eigenvalue weighted by Gasteiger charge is -2.32. The van der Waals surface area contributed by atoms with E-state index in [0.717, 1.165) is 42.5 Å². The molecule has 1 fully saturated rings. The predicted molar refractivity (Wildman–Crippen MR) is 157 cm³/mol. The van der Waals surface area contributed by atoms with Gasteiger partial charge in [0.05, 0.1) is 12.0 Å². The number of carboxylic acid groups (broad SMARTS) is 1. The van der Waals surface area contributed by atoms with Gasteiger partial charge in [-0.3, -0.25) is 9.59 Å². The van der Waals surface area contributed by atoms with Crippen molar-refractivity contribution in [3.63, 3.8) is 0 Å². The summed E-state index contributed by atoms with van der Waals surface area (Å²) in [6.07, 6.45) is 18.8. The lowest BCUT2D eigenvalue weighted by atomic mass is 9.70. The van der Waals surface area contributed by atoms with Crippen LogP contribution >= 0.6 is 0 Å². The first-order chi connectivity index (χ1) is 18.4. The van der Waals surface area contributed by atoms with Gasteiger partial charge in [0.15, 0.2) is 5.78 Å². The fraction of sp³-hybridized carbons (Fsp3) is 0.344. The normalized spacial score (nSPS) is 20.3. The van der Waals surface area contributed by atoms with Gasteiger partial charge < -0.3 is 15.7 Å². The number of aliphatic imine (C=N–C) groups is 1. The summed E-state index contributed by atoms with van der Waals surface area (Å²) >= 11 is 0. The van der Waals surface area contributed by atoms with Crippen molar-refractivity contribution < 1.29 is 14.7 Å². The summed E-state index contributed by atoms with van der Waals surface area (Å²) in [5.41, 5.74) is 3.41. The molecule has 1 aromatic carbocycles. The van der Waals surface area contributed by atoms with Crippen LogP contribution in [0.25, 0.3) is 5.57 Å². The number of carbonyl (C=O) groups is 2. The van der Waals surface area contributed by atoms with Gasteiger partial charge in [-0.2, -0.15) is 0 Å². The van der Waals surface area contributed by atoms with Gasteiger partial charge in [-0.25, -0.2) is 4.99 Å². The van der Waals surface area contributed by atoms with E-state index < -0.39 is 11.4 Å². The molecule has 3 N–H and O–H groups in total. The minimum absolute atomic E-state index is 0.0608. The Bertz CT molecular complexity index is 1180. The van der Waals surface area contributed by atoms with E-state index in [0.29, 0.717) is 43.0 Å².